The molecule has 2 rings (SSSR count). The molecule has 4 unspecified atom stereocenters. The zero-order chi connectivity index (χ0) is 22.0. The van der Waals surface area contributed by atoms with Gasteiger partial charge in [-0.25, -0.2) is 14.6 Å². The number of carbonyl (C=O) groups excluding carboxylic acids is 1. The topological polar surface area (TPSA) is 72.5 Å². The van der Waals surface area contributed by atoms with Crippen LogP contribution >= 0.6 is 0 Å². The summed E-state index contributed by atoms with van der Waals surface area (Å²) in [6, 6.07) is 0. The minimum absolute atomic E-state index is 0.102. The summed E-state index contributed by atoms with van der Waals surface area (Å²) in [4.78, 5) is 33.7. The second-order valence-electron chi connectivity index (χ2n) is 11.5. The van der Waals surface area contributed by atoms with Crippen molar-refractivity contribution >= 4 is 6.16 Å². The summed E-state index contributed by atoms with van der Waals surface area (Å²) in [5.74, 6) is -2.49. The third kappa shape index (κ3) is 3.66. The highest BCUT2D eigenvalue weighted by Crippen LogP contribution is 2.53. The van der Waals surface area contributed by atoms with Crippen LogP contribution in [-0.4, -0.2) is 29.9 Å². The Kier molecular flexibility index (Phi) is 5.48. The van der Waals surface area contributed by atoms with Crippen molar-refractivity contribution in [3.63, 3.8) is 0 Å². The first-order valence-corrected chi connectivity index (χ1v) is 9.89. The Morgan fingerprint density at radius 2 is 0.964 bits per heavy atom. The van der Waals surface area contributed by atoms with Crippen molar-refractivity contribution in [2.24, 2.45) is 21.7 Å². The predicted molar refractivity (Wildman–Crippen MR) is 103 cm³/mol. The molecule has 2 heterocycles. The predicted octanol–water partition coefficient (Wildman–Crippen LogP) is 5.38. The molecule has 2 saturated heterocycles. The van der Waals surface area contributed by atoms with Crippen molar-refractivity contribution in [1.82, 2.24) is 0 Å². The van der Waals surface area contributed by atoms with Gasteiger partial charge in [0.25, 0.3) is 11.6 Å². The zero-order valence-electron chi connectivity index (χ0n) is 19.5. The molecule has 0 bridgehead atoms. The molecule has 4 atom stereocenters. The Bertz CT molecular complexity index is 561. The molecule has 2 aliphatic heterocycles. The van der Waals surface area contributed by atoms with Crippen LogP contribution in [0.2, 0.25) is 0 Å². The van der Waals surface area contributed by atoms with E-state index < -0.39 is 29.9 Å². The minimum atomic E-state index is -1.25. The van der Waals surface area contributed by atoms with Crippen LogP contribution in [0, 0.1) is 21.7 Å². The molecule has 0 aromatic carbocycles. The molecule has 0 aliphatic carbocycles. The average Bonchev–Trinajstić information content (AvgIpc) is 2.41. The fourth-order valence-corrected chi connectivity index (χ4v) is 3.29. The Hall–Kier alpha value is -0.890. The Morgan fingerprint density at radius 1 is 0.679 bits per heavy atom. The molecular formula is C21H38O7. The molecule has 0 spiro atoms. The molecule has 28 heavy (non-hydrogen) atoms. The molecule has 0 N–H and O–H groups in total. The number of rotatable bonds is 4. The number of ether oxygens (including phenoxy) is 2. The van der Waals surface area contributed by atoms with E-state index in [1.807, 2.05) is 0 Å². The molecule has 2 fully saturated rings. The summed E-state index contributed by atoms with van der Waals surface area (Å²) in [5, 5.41) is 0. The second kappa shape index (κ2) is 6.56. The van der Waals surface area contributed by atoms with E-state index in [0.717, 1.165) is 0 Å². The Balaban J connectivity index is 2.08. The summed E-state index contributed by atoms with van der Waals surface area (Å²) < 4.78 is 11.1. The largest absolute Gasteiger partial charge is 0.513 e. The summed E-state index contributed by atoms with van der Waals surface area (Å²) in [6.45, 7) is 24.2. The van der Waals surface area contributed by atoms with Gasteiger partial charge in [0.1, 0.15) is 0 Å². The Morgan fingerprint density at radius 3 is 1.14 bits per heavy atom. The average molecular weight is 403 g/mol. The lowest BCUT2D eigenvalue weighted by atomic mass is 9.64. The van der Waals surface area contributed by atoms with Crippen LogP contribution in [0.4, 0.5) is 4.79 Å². The van der Waals surface area contributed by atoms with Crippen molar-refractivity contribution in [3.8, 4) is 0 Å². The van der Waals surface area contributed by atoms with E-state index in [2.05, 4.69) is 69.2 Å². The Labute approximate surface area is 169 Å². The maximum atomic E-state index is 12.6. The van der Waals surface area contributed by atoms with Gasteiger partial charge < -0.3 is 9.47 Å². The normalized spacial score (nSPS) is 34.3. The lowest BCUT2D eigenvalue weighted by molar-refractivity contribution is -0.589. The van der Waals surface area contributed by atoms with Crippen molar-refractivity contribution in [3.05, 3.63) is 0 Å². The fraction of sp³-hybridized carbons (Fsp3) is 0.952. The van der Waals surface area contributed by atoms with Crippen LogP contribution in [0.5, 0.6) is 0 Å². The van der Waals surface area contributed by atoms with Gasteiger partial charge in [-0.15, -0.1) is 0 Å². The molecule has 0 aromatic rings. The molecule has 164 valence electrons. The molecule has 2 aliphatic rings. The molecular weight excluding hydrogens is 364 g/mol. The summed E-state index contributed by atoms with van der Waals surface area (Å²) in [6.07, 6.45) is -1.78. The van der Waals surface area contributed by atoms with E-state index in [9.17, 15) is 4.79 Å². The number of carbonyl (C=O) groups is 1. The van der Waals surface area contributed by atoms with Crippen molar-refractivity contribution in [2.45, 2.75) is 107 Å². The molecule has 0 saturated carbocycles. The van der Waals surface area contributed by atoms with E-state index in [0.29, 0.717) is 0 Å². The van der Waals surface area contributed by atoms with Crippen LogP contribution in [-0.2, 0) is 29.0 Å². The maximum absolute atomic E-state index is 12.6. The summed E-state index contributed by atoms with van der Waals surface area (Å²) in [5.41, 5.74) is -0.850. The maximum Gasteiger partial charge on any atom is 0.513 e. The minimum Gasteiger partial charge on any atom is -0.396 e. The lowest BCUT2D eigenvalue weighted by Crippen LogP contribution is -2.67. The van der Waals surface area contributed by atoms with Gasteiger partial charge in [0.05, 0.1) is 0 Å². The lowest BCUT2D eigenvalue weighted by Gasteiger charge is -2.55. The van der Waals surface area contributed by atoms with Crippen molar-refractivity contribution in [1.29, 1.82) is 0 Å². The highest BCUT2D eigenvalue weighted by Gasteiger charge is 2.64. The van der Waals surface area contributed by atoms with Crippen LogP contribution < -0.4 is 0 Å². The fourth-order valence-electron chi connectivity index (χ4n) is 3.29. The summed E-state index contributed by atoms with van der Waals surface area (Å²) >= 11 is 0. The third-order valence-electron chi connectivity index (χ3n) is 7.32. The molecule has 0 amide bonds. The first-order valence-electron chi connectivity index (χ1n) is 9.89. The van der Waals surface area contributed by atoms with E-state index >= 15 is 0 Å². The van der Waals surface area contributed by atoms with Gasteiger partial charge in [-0.05, 0) is 10.8 Å². The molecule has 7 heteroatoms. The SMILES string of the molecule is CC1(OC(=O)OC2(C)OOC2C(C)(C)C(C)(C)C)OOC1C(C)(C)C(C)(C)C. The second-order valence-corrected chi connectivity index (χ2v) is 11.5. The first kappa shape index (κ1) is 23.4. The van der Waals surface area contributed by atoms with Gasteiger partial charge in [-0.2, -0.15) is 9.78 Å². The van der Waals surface area contributed by atoms with E-state index in [-0.39, 0.29) is 21.7 Å². The number of hydrogen-bond donors (Lipinski definition) is 0. The van der Waals surface area contributed by atoms with Gasteiger partial charge in [-0.3, -0.25) is 0 Å². The molecule has 0 aromatic heterocycles. The molecule has 7 nitrogen and oxygen atoms in total. The van der Waals surface area contributed by atoms with Crippen LogP contribution in [0.15, 0.2) is 0 Å². The van der Waals surface area contributed by atoms with Crippen LogP contribution in [0.1, 0.15) is 83.1 Å². The zero-order valence-corrected chi connectivity index (χ0v) is 19.5. The third-order valence-corrected chi connectivity index (χ3v) is 7.32. The molecule has 0 radical (unpaired) electrons. The first-order chi connectivity index (χ1) is 12.3. The van der Waals surface area contributed by atoms with Gasteiger partial charge in [0, 0.05) is 24.7 Å². The quantitative estimate of drug-likeness (QED) is 0.462. The smallest absolute Gasteiger partial charge is 0.396 e. The monoisotopic (exact) mass is 402 g/mol. The highest BCUT2D eigenvalue weighted by molar-refractivity contribution is 5.61. The standard InChI is InChI=1S/C21H38O7/c1-16(2,3)18(7,8)13-20(11,27-25-13)23-15(22)24-21(12)14(26-28-21)19(9,10)17(4,5)6/h13-14H,1-12H3. The highest BCUT2D eigenvalue weighted by atomic mass is 17.3. The van der Waals surface area contributed by atoms with Crippen LogP contribution in [0.3, 0.4) is 0 Å². The number of hydrogen-bond acceptors (Lipinski definition) is 7. The van der Waals surface area contributed by atoms with Gasteiger partial charge in [0.2, 0.25) is 0 Å². The van der Waals surface area contributed by atoms with E-state index in [4.69, 9.17) is 29.0 Å². The summed E-state index contributed by atoms with van der Waals surface area (Å²) in [7, 11) is 0. The van der Waals surface area contributed by atoms with Crippen LogP contribution in [0.25, 0.3) is 0 Å². The van der Waals surface area contributed by atoms with Crippen molar-refractivity contribution in [2.75, 3.05) is 0 Å². The van der Waals surface area contributed by atoms with Gasteiger partial charge in [-0.1, -0.05) is 69.2 Å². The van der Waals surface area contributed by atoms with Gasteiger partial charge in [0.15, 0.2) is 12.2 Å². The van der Waals surface area contributed by atoms with Gasteiger partial charge >= 0.3 is 6.16 Å². The van der Waals surface area contributed by atoms with E-state index in [1.165, 1.54) is 0 Å². The van der Waals surface area contributed by atoms with Crippen molar-refractivity contribution < 1.29 is 33.8 Å². The van der Waals surface area contributed by atoms with E-state index in [1.54, 1.807) is 13.8 Å².